The lowest BCUT2D eigenvalue weighted by Crippen LogP contribution is -2.27. The van der Waals surface area contributed by atoms with E-state index in [1.165, 1.54) is 5.56 Å². The van der Waals surface area contributed by atoms with Crippen molar-refractivity contribution < 1.29 is 4.79 Å². The molecule has 0 aliphatic carbocycles. The molecule has 6 heteroatoms. The van der Waals surface area contributed by atoms with Gasteiger partial charge in [-0.2, -0.15) is 4.98 Å². The van der Waals surface area contributed by atoms with E-state index in [2.05, 4.69) is 58.7 Å². The Kier molecular flexibility index (Phi) is 4.66. The molecule has 1 aliphatic rings. The SMILES string of the molecule is CC(C)(C)c1ccc(-c2nc(NC(=O)CC3CCCN3)n[nH]2)cc1. The highest BCUT2D eigenvalue weighted by Crippen LogP contribution is 2.25. The highest BCUT2D eigenvalue weighted by molar-refractivity contribution is 5.89. The second-order valence-electron chi connectivity index (χ2n) is 7.38. The average molecular weight is 327 g/mol. The van der Waals surface area contributed by atoms with Crippen LogP contribution >= 0.6 is 0 Å². The number of aromatic nitrogens is 3. The zero-order valence-corrected chi connectivity index (χ0v) is 14.5. The number of H-pyrrole nitrogens is 1. The molecule has 1 saturated heterocycles. The van der Waals surface area contributed by atoms with Gasteiger partial charge in [0, 0.05) is 18.0 Å². The van der Waals surface area contributed by atoms with Gasteiger partial charge in [0.2, 0.25) is 11.9 Å². The lowest BCUT2D eigenvalue weighted by atomic mass is 9.87. The van der Waals surface area contributed by atoms with E-state index in [4.69, 9.17) is 0 Å². The topological polar surface area (TPSA) is 82.7 Å². The summed E-state index contributed by atoms with van der Waals surface area (Å²) < 4.78 is 0. The van der Waals surface area contributed by atoms with E-state index in [1.807, 2.05) is 12.1 Å². The van der Waals surface area contributed by atoms with Crippen molar-refractivity contribution in [1.29, 1.82) is 0 Å². The molecular formula is C18H25N5O. The molecule has 0 saturated carbocycles. The van der Waals surface area contributed by atoms with Crippen LogP contribution in [0.5, 0.6) is 0 Å². The van der Waals surface area contributed by atoms with Crippen LogP contribution in [0.2, 0.25) is 0 Å². The van der Waals surface area contributed by atoms with Gasteiger partial charge in [-0.1, -0.05) is 45.0 Å². The Hall–Kier alpha value is -2.21. The molecule has 2 aromatic rings. The summed E-state index contributed by atoms with van der Waals surface area (Å²) in [6, 6.07) is 8.52. The summed E-state index contributed by atoms with van der Waals surface area (Å²) in [5, 5.41) is 13.1. The second kappa shape index (κ2) is 6.73. The summed E-state index contributed by atoms with van der Waals surface area (Å²) in [6.07, 6.45) is 2.64. The van der Waals surface area contributed by atoms with Gasteiger partial charge >= 0.3 is 0 Å². The van der Waals surface area contributed by atoms with E-state index < -0.39 is 0 Å². The lowest BCUT2D eigenvalue weighted by molar-refractivity contribution is -0.116. The van der Waals surface area contributed by atoms with Gasteiger partial charge in [-0.25, -0.2) is 0 Å². The Labute approximate surface area is 142 Å². The normalized spacial score (nSPS) is 17.9. The van der Waals surface area contributed by atoms with Gasteiger partial charge in [-0.3, -0.25) is 15.2 Å². The number of benzene rings is 1. The Balaban J connectivity index is 1.63. The molecule has 1 aliphatic heterocycles. The fourth-order valence-electron chi connectivity index (χ4n) is 2.91. The first kappa shape index (κ1) is 16.6. The number of nitrogens with zero attached hydrogens (tertiary/aromatic N) is 2. The van der Waals surface area contributed by atoms with E-state index in [0.717, 1.165) is 24.9 Å². The van der Waals surface area contributed by atoms with Crippen molar-refractivity contribution in [2.75, 3.05) is 11.9 Å². The van der Waals surface area contributed by atoms with Crippen molar-refractivity contribution in [1.82, 2.24) is 20.5 Å². The average Bonchev–Trinajstić information content (AvgIpc) is 3.18. The third kappa shape index (κ3) is 4.00. The third-order valence-corrected chi connectivity index (χ3v) is 4.36. The van der Waals surface area contributed by atoms with Crippen LogP contribution in [0.3, 0.4) is 0 Å². The molecule has 1 atom stereocenters. The summed E-state index contributed by atoms with van der Waals surface area (Å²) in [6.45, 7) is 7.54. The number of carbonyl (C=O) groups excluding carboxylic acids is 1. The number of hydrogen-bond donors (Lipinski definition) is 3. The van der Waals surface area contributed by atoms with Gasteiger partial charge in [-0.15, -0.1) is 5.10 Å². The summed E-state index contributed by atoms with van der Waals surface area (Å²) in [4.78, 5) is 16.4. The minimum absolute atomic E-state index is 0.0527. The molecule has 2 heterocycles. The molecule has 0 radical (unpaired) electrons. The third-order valence-electron chi connectivity index (χ3n) is 4.36. The van der Waals surface area contributed by atoms with Crippen LogP contribution < -0.4 is 10.6 Å². The van der Waals surface area contributed by atoms with Crippen molar-refractivity contribution in [2.45, 2.75) is 51.5 Å². The maximum atomic E-state index is 12.0. The van der Waals surface area contributed by atoms with Crippen LogP contribution in [0.1, 0.15) is 45.6 Å². The summed E-state index contributed by atoms with van der Waals surface area (Å²) in [7, 11) is 0. The van der Waals surface area contributed by atoms with E-state index in [1.54, 1.807) is 0 Å². The van der Waals surface area contributed by atoms with Crippen molar-refractivity contribution in [3.63, 3.8) is 0 Å². The largest absolute Gasteiger partial charge is 0.313 e. The predicted octanol–water partition coefficient (Wildman–Crippen LogP) is 2.85. The monoisotopic (exact) mass is 327 g/mol. The van der Waals surface area contributed by atoms with E-state index in [0.29, 0.717) is 18.2 Å². The summed E-state index contributed by atoms with van der Waals surface area (Å²) in [5.74, 6) is 0.931. The zero-order chi connectivity index (χ0) is 17.2. The Morgan fingerprint density at radius 2 is 2.04 bits per heavy atom. The van der Waals surface area contributed by atoms with Crippen LogP contribution in [-0.2, 0) is 10.2 Å². The number of rotatable bonds is 4. The van der Waals surface area contributed by atoms with Crippen molar-refractivity contribution in [3.8, 4) is 11.4 Å². The van der Waals surface area contributed by atoms with Gasteiger partial charge in [0.25, 0.3) is 0 Å². The van der Waals surface area contributed by atoms with Gasteiger partial charge in [0.05, 0.1) is 0 Å². The maximum absolute atomic E-state index is 12.0. The summed E-state index contributed by atoms with van der Waals surface area (Å²) in [5.41, 5.74) is 2.34. The quantitative estimate of drug-likeness (QED) is 0.806. The smallest absolute Gasteiger partial charge is 0.249 e. The molecule has 0 bridgehead atoms. The molecule has 0 spiro atoms. The van der Waals surface area contributed by atoms with Crippen molar-refractivity contribution in [2.24, 2.45) is 0 Å². The van der Waals surface area contributed by atoms with Crippen molar-refractivity contribution >= 4 is 11.9 Å². The first-order valence-electron chi connectivity index (χ1n) is 8.48. The Bertz CT molecular complexity index is 693. The zero-order valence-electron chi connectivity index (χ0n) is 14.5. The second-order valence-corrected chi connectivity index (χ2v) is 7.38. The Morgan fingerprint density at radius 3 is 2.67 bits per heavy atom. The van der Waals surface area contributed by atoms with Gasteiger partial charge in [-0.05, 0) is 30.4 Å². The fourth-order valence-corrected chi connectivity index (χ4v) is 2.91. The number of anilines is 1. The predicted molar refractivity (Wildman–Crippen MR) is 94.8 cm³/mol. The fraction of sp³-hybridized carbons (Fsp3) is 0.500. The standard InChI is InChI=1S/C18H25N5O/c1-18(2,3)13-8-6-12(7-9-13)16-21-17(23-22-16)20-15(24)11-14-5-4-10-19-14/h6-9,14,19H,4-5,10-11H2,1-3H3,(H2,20,21,22,23,24). The Morgan fingerprint density at radius 1 is 1.29 bits per heavy atom. The van der Waals surface area contributed by atoms with Gasteiger partial charge in [0.1, 0.15) is 0 Å². The number of nitrogens with one attached hydrogen (secondary N) is 3. The first-order chi connectivity index (χ1) is 11.4. The first-order valence-corrected chi connectivity index (χ1v) is 8.48. The molecule has 128 valence electrons. The van der Waals surface area contributed by atoms with Crippen molar-refractivity contribution in [3.05, 3.63) is 29.8 Å². The molecule has 24 heavy (non-hydrogen) atoms. The van der Waals surface area contributed by atoms with Crippen LogP contribution in [-0.4, -0.2) is 33.7 Å². The van der Waals surface area contributed by atoms with E-state index in [-0.39, 0.29) is 17.4 Å². The summed E-state index contributed by atoms with van der Waals surface area (Å²) >= 11 is 0. The molecule has 1 unspecified atom stereocenters. The van der Waals surface area contributed by atoms with Crippen LogP contribution in [0.4, 0.5) is 5.95 Å². The highest BCUT2D eigenvalue weighted by atomic mass is 16.1. The number of aromatic amines is 1. The lowest BCUT2D eigenvalue weighted by Gasteiger charge is -2.18. The highest BCUT2D eigenvalue weighted by Gasteiger charge is 2.19. The van der Waals surface area contributed by atoms with Crippen LogP contribution in [0.25, 0.3) is 11.4 Å². The minimum Gasteiger partial charge on any atom is -0.313 e. The number of hydrogen-bond acceptors (Lipinski definition) is 4. The number of amides is 1. The van der Waals surface area contributed by atoms with E-state index in [9.17, 15) is 4.79 Å². The minimum atomic E-state index is -0.0527. The molecule has 1 aromatic heterocycles. The number of carbonyl (C=O) groups is 1. The molecule has 3 N–H and O–H groups in total. The van der Waals surface area contributed by atoms with Crippen LogP contribution in [0, 0.1) is 0 Å². The van der Waals surface area contributed by atoms with Gasteiger partial charge in [0.15, 0.2) is 5.82 Å². The molecule has 1 aromatic carbocycles. The molecule has 3 rings (SSSR count). The van der Waals surface area contributed by atoms with Crippen LogP contribution in [0.15, 0.2) is 24.3 Å². The molecular weight excluding hydrogens is 302 g/mol. The molecule has 6 nitrogen and oxygen atoms in total. The molecule has 1 amide bonds. The van der Waals surface area contributed by atoms with E-state index >= 15 is 0 Å². The van der Waals surface area contributed by atoms with Gasteiger partial charge < -0.3 is 5.32 Å². The maximum Gasteiger partial charge on any atom is 0.249 e. The molecule has 1 fully saturated rings.